The average molecular weight is 269 g/mol. The van der Waals surface area contributed by atoms with E-state index in [1.807, 2.05) is 6.07 Å². The van der Waals surface area contributed by atoms with Crippen LogP contribution in [0, 0.1) is 11.3 Å². The van der Waals surface area contributed by atoms with Crippen LogP contribution in [-0.2, 0) is 11.4 Å². The van der Waals surface area contributed by atoms with Gasteiger partial charge in [-0.05, 0) is 17.7 Å². The number of halogens is 1. The first-order valence-electron chi connectivity index (χ1n) is 5.33. The lowest BCUT2D eigenvalue weighted by atomic mass is 10.2. The monoisotopic (exact) mass is 268 g/mol. The summed E-state index contributed by atoms with van der Waals surface area (Å²) in [5.74, 6) is 0.0665. The van der Waals surface area contributed by atoms with Crippen molar-refractivity contribution >= 4 is 17.5 Å². The number of aliphatic hydroxyl groups excluding tert-OH is 1. The number of nitriles is 1. The first kappa shape index (κ1) is 14.3. The minimum atomic E-state index is -0.312. The first-order chi connectivity index (χ1) is 8.67. The van der Waals surface area contributed by atoms with Gasteiger partial charge in [0.1, 0.15) is 5.75 Å². The number of hydrogen-bond donors (Lipinski definition) is 2. The standard InChI is InChI=1S/C12H13ClN2O3/c13-10-6-9(7-16)2-3-11(10)18-8-12(17)15-5-1-4-14/h2-3,6,16H,1,5,7-8H2,(H,15,17). The van der Waals surface area contributed by atoms with Gasteiger partial charge in [-0.15, -0.1) is 0 Å². The smallest absolute Gasteiger partial charge is 0.257 e. The molecule has 96 valence electrons. The van der Waals surface area contributed by atoms with Gasteiger partial charge in [-0.3, -0.25) is 4.79 Å². The van der Waals surface area contributed by atoms with E-state index < -0.39 is 0 Å². The molecule has 0 aliphatic carbocycles. The number of hydrogen-bond acceptors (Lipinski definition) is 4. The van der Waals surface area contributed by atoms with Crippen molar-refractivity contribution in [2.24, 2.45) is 0 Å². The molecule has 0 saturated heterocycles. The van der Waals surface area contributed by atoms with E-state index in [0.29, 0.717) is 22.9 Å². The zero-order chi connectivity index (χ0) is 13.4. The van der Waals surface area contributed by atoms with Crippen molar-refractivity contribution in [3.63, 3.8) is 0 Å². The van der Waals surface area contributed by atoms with Crippen molar-refractivity contribution in [1.82, 2.24) is 5.32 Å². The molecule has 1 rings (SSSR count). The van der Waals surface area contributed by atoms with Crippen molar-refractivity contribution in [3.05, 3.63) is 28.8 Å². The Bertz CT molecular complexity index is 457. The van der Waals surface area contributed by atoms with Crippen LogP contribution in [0.25, 0.3) is 0 Å². The molecule has 0 spiro atoms. The number of carbonyl (C=O) groups is 1. The molecule has 0 saturated carbocycles. The first-order valence-corrected chi connectivity index (χ1v) is 5.71. The minimum Gasteiger partial charge on any atom is -0.482 e. The molecule has 0 unspecified atom stereocenters. The van der Waals surface area contributed by atoms with Gasteiger partial charge in [0.15, 0.2) is 6.61 Å². The molecule has 0 fully saturated rings. The molecule has 1 aromatic rings. The molecule has 5 nitrogen and oxygen atoms in total. The van der Waals surface area contributed by atoms with Crippen LogP contribution in [0.1, 0.15) is 12.0 Å². The van der Waals surface area contributed by atoms with Gasteiger partial charge in [-0.1, -0.05) is 17.7 Å². The van der Waals surface area contributed by atoms with Crippen molar-refractivity contribution in [1.29, 1.82) is 5.26 Å². The van der Waals surface area contributed by atoms with Gasteiger partial charge in [-0.25, -0.2) is 0 Å². The third kappa shape index (κ3) is 4.62. The van der Waals surface area contributed by atoms with Crippen LogP contribution in [0.3, 0.4) is 0 Å². The molecule has 1 amide bonds. The Hall–Kier alpha value is -1.77. The molecular formula is C12H13ClN2O3. The summed E-state index contributed by atoms with van der Waals surface area (Å²) in [4.78, 5) is 11.3. The maximum atomic E-state index is 11.3. The van der Waals surface area contributed by atoms with E-state index in [1.54, 1.807) is 18.2 Å². The Morgan fingerprint density at radius 2 is 2.33 bits per heavy atom. The van der Waals surface area contributed by atoms with Crippen molar-refractivity contribution in [2.45, 2.75) is 13.0 Å². The largest absolute Gasteiger partial charge is 0.482 e. The van der Waals surface area contributed by atoms with Crippen LogP contribution in [0.15, 0.2) is 18.2 Å². The molecule has 0 radical (unpaired) electrons. The summed E-state index contributed by atoms with van der Waals surface area (Å²) in [5.41, 5.74) is 0.672. The number of rotatable bonds is 6. The third-order valence-corrected chi connectivity index (χ3v) is 2.39. The molecule has 0 atom stereocenters. The van der Waals surface area contributed by atoms with Gasteiger partial charge in [0, 0.05) is 6.54 Å². The second-order valence-electron chi connectivity index (χ2n) is 3.47. The lowest BCUT2D eigenvalue weighted by molar-refractivity contribution is -0.123. The second kappa shape index (κ2) is 7.54. The van der Waals surface area contributed by atoms with E-state index >= 15 is 0 Å². The maximum absolute atomic E-state index is 11.3. The summed E-state index contributed by atoms with van der Waals surface area (Å²) < 4.78 is 5.22. The van der Waals surface area contributed by atoms with Gasteiger partial charge < -0.3 is 15.2 Å². The molecule has 2 N–H and O–H groups in total. The van der Waals surface area contributed by atoms with Crippen molar-refractivity contribution in [3.8, 4) is 11.8 Å². The van der Waals surface area contributed by atoms with E-state index in [9.17, 15) is 4.79 Å². The van der Waals surface area contributed by atoms with Crippen LogP contribution in [0.5, 0.6) is 5.75 Å². The summed E-state index contributed by atoms with van der Waals surface area (Å²) in [7, 11) is 0. The lowest BCUT2D eigenvalue weighted by Crippen LogP contribution is -2.29. The normalized spacial score (nSPS) is 9.61. The summed E-state index contributed by atoms with van der Waals surface area (Å²) >= 11 is 5.91. The molecule has 0 aliphatic rings. The topological polar surface area (TPSA) is 82.4 Å². The highest BCUT2D eigenvalue weighted by Crippen LogP contribution is 2.25. The van der Waals surface area contributed by atoms with Crippen LogP contribution in [0.4, 0.5) is 0 Å². The molecular weight excluding hydrogens is 256 g/mol. The molecule has 18 heavy (non-hydrogen) atoms. The quantitative estimate of drug-likeness (QED) is 0.761. The fraction of sp³-hybridized carbons (Fsp3) is 0.333. The zero-order valence-electron chi connectivity index (χ0n) is 9.65. The molecule has 0 aromatic heterocycles. The van der Waals surface area contributed by atoms with E-state index in [1.165, 1.54) is 0 Å². The maximum Gasteiger partial charge on any atom is 0.257 e. The van der Waals surface area contributed by atoms with Gasteiger partial charge >= 0.3 is 0 Å². The van der Waals surface area contributed by atoms with E-state index in [-0.39, 0.29) is 25.5 Å². The average Bonchev–Trinajstić information content (AvgIpc) is 2.37. The predicted molar refractivity (Wildman–Crippen MR) is 66.1 cm³/mol. The number of ether oxygens (including phenoxy) is 1. The van der Waals surface area contributed by atoms with E-state index in [4.69, 9.17) is 26.7 Å². The number of nitrogens with zero attached hydrogens (tertiary/aromatic N) is 1. The molecule has 6 heteroatoms. The fourth-order valence-electron chi connectivity index (χ4n) is 1.21. The van der Waals surface area contributed by atoms with Crippen LogP contribution < -0.4 is 10.1 Å². The van der Waals surface area contributed by atoms with Crippen LogP contribution >= 0.6 is 11.6 Å². The Kier molecular flexibility index (Phi) is 5.98. The summed E-state index contributed by atoms with van der Waals surface area (Å²) in [6.07, 6.45) is 0.262. The second-order valence-corrected chi connectivity index (χ2v) is 3.88. The highest BCUT2D eigenvalue weighted by molar-refractivity contribution is 6.32. The number of benzene rings is 1. The Morgan fingerprint density at radius 3 is 2.94 bits per heavy atom. The number of carbonyl (C=O) groups excluding carboxylic acids is 1. The Labute approximate surface area is 110 Å². The number of aliphatic hydroxyl groups is 1. The highest BCUT2D eigenvalue weighted by Gasteiger charge is 2.06. The van der Waals surface area contributed by atoms with Gasteiger partial charge in [0.2, 0.25) is 0 Å². The van der Waals surface area contributed by atoms with E-state index in [2.05, 4.69) is 5.32 Å². The zero-order valence-corrected chi connectivity index (χ0v) is 10.4. The molecule has 0 aliphatic heterocycles. The van der Waals surface area contributed by atoms with Gasteiger partial charge in [0.05, 0.1) is 24.1 Å². The van der Waals surface area contributed by atoms with Crippen molar-refractivity contribution in [2.75, 3.05) is 13.2 Å². The lowest BCUT2D eigenvalue weighted by Gasteiger charge is -2.08. The van der Waals surface area contributed by atoms with E-state index in [0.717, 1.165) is 0 Å². The van der Waals surface area contributed by atoms with Gasteiger partial charge in [-0.2, -0.15) is 5.26 Å². The molecule has 0 bridgehead atoms. The fourth-order valence-corrected chi connectivity index (χ4v) is 1.47. The highest BCUT2D eigenvalue weighted by atomic mass is 35.5. The van der Waals surface area contributed by atoms with Crippen molar-refractivity contribution < 1.29 is 14.6 Å². The molecule has 0 heterocycles. The predicted octanol–water partition coefficient (Wildman–Crippen LogP) is 1.24. The number of amides is 1. The van der Waals surface area contributed by atoms with Crippen LogP contribution in [0.2, 0.25) is 5.02 Å². The summed E-state index contributed by atoms with van der Waals surface area (Å²) in [6.45, 7) is 0.0359. The minimum absolute atomic E-state index is 0.103. The Morgan fingerprint density at radius 1 is 1.56 bits per heavy atom. The summed E-state index contributed by atoms with van der Waals surface area (Å²) in [6, 6.07) is 6.75. The summed E-state index contributed by atoms with van der Waals surface area (Å²) in [5, 5.41) is 20.1. The SMILES string of the molecule is N#CCCNC(=O)COc1ccc(CO)cc1Cl. The van der Waals surface area contributed by atoms with Crippen LogP contribution in [-0.4, -0.2) is 24.2 Å². The Balaban J connectivity index is 2.44. The third-order valence-electron chi connectivity index (χ3n) is 2.10. The number of nitrogens with one attached hydrogen (secondary N) is 1. The molecule has 1 aromatic carbocycles. The van der Waals surface area contributed by atoms with Gasteiger partial charge in [0.25, 0.3) is 5.91 Å².